The van der Waals surface area contributed by atoms with Gasteiger partial charge in [0.25, 0.3) is 5.69 Å². The molecule has 0 spiro atoms. The maximum atomic E-state index is 11.9. The Balaban J connectivity index is 1.80. The van der Waals surface area contributed by atoms with E-state index in [-0.39, 0.29) is 11.6 Å². The smallest absolute Gasteiger partial charge is 0.269 e. The van der Waals surface area contributed by atoms with Crippen LogP contribution in [0.2, 0.25) is 0 Å². The number of methoxy groups -OCH3 is 2. The summed E-state index contributed by atoms with van der Waals surface area (Å²) in [4.78, 5) is 22.1. The molecule has 0 unspecified atom stereocenters. The van der Waals surface area contributed by atoms with Crippen LogP contribution in [0.1, 0.15) is 5.56 Å². The molecular weight excluding hydrogens is 350 g/mol. The lowest BCUT2D eigenvalue weighted by molar-refractivity contribution is -0.384. The van der Waals surface area contributed by atoms with Crippen LogP contribution in [-0.2, 0) is 4.79 Å². The Morgan fingerprint density at radius 3 is 2.48 bits per heavy atom. The molecule has 27 heavy (non-hydrogen) atoms. The van der Waals surface area contributed by atoms with Crippen LogP contribution in [0.4, 0.5) is 11.4 Å². The predicted molar refractivity (Wildman–Crippen MR) is 103 cm³/mol. The standard InChI is InChI=1S/C19H21N3O5/c1-26-17-8-9-18(27-2)14(13-17)3-10-19(23)21-12-11-20-15-4-6-16(7-5-15)22(24)25/h3-10,13,20H,11-12H2,1-2H3,(H,21,23)/b10-3+. The molecule has 0 heterocycles. The van der Waals surface area contributed by atoms with Crippen molar-refractivity contribution in [1.82, 2.24) is 5.32 Å². The van der Waals surface area contributed by atoms with Gasteiger partial charge < -0.3 is 20.1 Å². The minimum absolute atomic E-state index is 0.0342. The Morgan fingerprint density at radius 1 is 1.11 bits per heavy atom. The largest absolute Gasteiger partial charge is 0.497 e. The second-order valence-corrected chi connectivity index (χ2v) is 5.46. The number of nitro groups is 1. The number of rotatable bonds is 9. The minimum atomic E-state index is -0.451. The topological polar surface area (TPSA) is 103 Å². The molecule has 0 aliphatic heterocycles. The average molecular weight is 371 g/mol. The van der Waals surface area contributed by atoms with E-state index >= 15 is 0 Å². The number of hydrogen-bond acceptors (Lipinski definition) is 6. The van der Waals surface area contributed by atoms with Crippen LogP contribution in [0, 0.1) is 10.1 Å². The van der Waals surface area contributed by atoms with Gasteiger partial charge in [0, 0.05) is 42.5 Å². The van der Waals surface area contributed by atoms with E-state index in [1.807, 2.05) is 0 Å². The van der Waals surface area contributed by atoms with E-state index in [9.17, 15) is 14.9 Å². The molecule has 0 fully saturated rings. The van der Waals surface area contributed by atoms with Crippen molar-refractivity contribution in [3.8, 4) is 11.5 Å². The van der Waals surface area contributed by atoms with Crippen LogP contribution < -0.4 is 20.1 Å². The molecule has 0 atom stereocenters. The number of nitrogens with one attached hydrogen (secondary N) is 2. The molecule has 0 saturated heterocycles. The lowest BCUT2D eigenvalue weighted by Crippen LogP contribution is -2.27. The Kier molecular flexibility index (Phi) is 7.18. The lowest BCUT2D eigenvalue weighted by atomic mass is 10.1. The van der Waals surface area contributed by atoms with E-state index in [0.717, 1.165) is 11.3 Å². The van der Waals surface area contributed by atoms with Crippen molar-refractivity contribution in [3.05, 3.63) is 64.2 Å². The first-order valence-electron chi connectivity index (χ1n) is 8.19. The van der Waals surface area contributed by atoms with Gasteiger partial charge in [-0.25, -0.2) is 0 Å². The van der Waals surface area contributed by atoms with Crippen molar-refractivity contribution in [2.24, 2.45) is 0 Å². The number of anilines is 1. The first-order chi connectivity index (χ1) is 13.0. The summed E-state index contributed by atoms with van der Waals surface area (Å²) in [7, 11) is 3.13. The highest BCUT2D eigenvalue weighted by molar-refractivity contribution is 5.92. The van der Waals surface area contributed by atoms with Gasteiger partial charge in [0.1, 0.15) is 11.5 Å². The molecule has 2 aromatic rings. The van der Waals surface area contributed by atoms with Crippen LogP contribution in [0.25, 0.3) is 6.08 Å². The van der Waals surface area contributed by atoms with Crippen molar-refractivity contribution in [2.45, 2.75) is 0 Å². The van der Waals surface area contributed by atoms with Crippen molar-refractivity contribution in [1.29, 1.82) is 0 Å². The third-order valence-electron chi connectivity index (χ3n) is 3.68. The molecule has 2 aromatic carbocycles. The van der Waals surface area contributed by atoms with Crippen LogP contribution in [0.5, 0.6) is 11.5 Å². The number of benzene rings is 2. The molecule has 8 heteroatoms. The molecule has 1 amide bonds. The van der Waals surface area contributed by atoms with Crippen LogP contribution >= 0.6 is 0 Å². The highest BCUT2D eigenvalue weighted by Crippen LogP contribution is 2.25. The van der Waals surface area contributed by atoms with Crippen molar-refractivity contribution in [3.63, 3.8) is 0 Å². The number of ether oxygens (including phenoxy) is 2. The Morgan fingerprint density at radius 2 is 1.85 bits per heavy atom. The second kappa shape index (κ2) is 9.81. The number of non-ortho nitro benzene ring substituents is 1. The normalized spacial score (nSPS) is 10.4. The average Bonchev–Trinajstić information content (AvgIpc) is 2.69. The van der Waals surface area contributed by atoms with Crippen molar-refractivity contribution >= 4 is 23.4 Å². The molecule has 0 bridgehead atoms. The SMILES string of the molecule is COc1ccc(OC)c(/C=C/C(=O)NCCNc2ccc([N+](=O)[O-])cc2)c1. The summed E-state index contributed by atoms with van der Waals surface area (Å²) in [5.74, 6) is 1.06. The van der Waals surface area contributed by atoms with Crippen LogP contribution in [0.15, 0.2) is 48.5 Å². The fourth-order valence-electron chi connectivity index (χ4n) is 2.29. The molecule has 2 N–H and O–H groups in total. The third kappa shape index (κ3) is 6.03. The van der Waals surface area contributed by atoms with E-state index < -0.39 is 4.92 Å². The molecule has 0 aliphatic rings. The maximum absolute atomic E-state index is 11.9. The van der Waals surface area contributed by atoms with Crippen molar-refractivity contribution < 1.29 is 19.2 Å². The highest BCUT2D eigenvalue weighted by atomic mass is 16.6. The Labute approximate surface area is 156 Å². The molecule has 0 aromatic heterocycles. The van der Waals surface area contributed by atoms with E-state index in [4.69, 9.17) is 9.47 Å². The molecule has 0 radical (unpaired) electrons. The zero-order chi connectivity index (χ0) is 19.6. The zero-order valence-corrected chi connectivity index (χ0v) is 15.1. The van der Waals surface area contributed by atoms with E-state index in [0.29, 0.717) is 24.6 Å². The summed E-state index contributed by atoms with van der Waals surface area (Å²) in [5.41, 5.74) is 1.51. The monoisotopic (exact) mass is 371 g/mol. The summed E-state index contributed by atoms with van der Waals surface area (Å²) >= 11 is 0. The van der Waals surface area contributed by atoms with Crippen LogP contribution in [0.3, 0.4) is 0 Å². The van der Waals surface area contributed by atoms with E-state index in [1.165, 1.54) is 18.2 Å². The molecule has 0 aliphatic carbocycles. The van der Waals surface area contributed by atoms with Crippen molar-refractivity contribution in [2.75, 3.05) is 32.6 Å². The van der Waals surface area contributed by atoms with Gasteiger partial charge in [0.2, 0.25) is 5.91 Å². The predicted octanol–water partition coefficient (Wildman–Crippen LogP) is 2.85. The number of nitro benzene ring substituents is 1. The second-order valence-electron chi connectivity index (χ2n) is 5.46. The summed E-state index contributed by atoms with van der Waals surface area (Å²) in [5, 5.41) is 16.4. The van der Waals surface area contributed by atoms with Gasteiger partial charge in [-0.15, -0.1) is 0 Å². The fourth-order valence-corrected chi connectivity index (χ4v) is 2.29. The Bertz CT molecular complexity index is 819. The molecule has 142 valence electrons. The zero-order valence-electron chi connectivity index (χ0n) is 15.1. The quantitative estimate of drug-likeness (QED) is 0.304. The highest BCUT2D eigenvalue weighted by Gasteiger charge is 2.04. The minimum Gasteiger partial charge on any atom is -0.497 e. The first-order valence-corrected chi connectivity index (χ1v) is 8.19. The summed E-state index contributed by atoms with van der Waals surface area (Å²) in [6.07, 6.45) is 3.07. The summed E-state index contributed by atoms with van der Waals surface area (Å²) in [6.45, 7) is 0.884. The van der Waals surface area contributed by atoms with Gasteiger partial charge in [-0.1, -0.05) is 0 Å². The van der Waals surface area contributed by atoms with Gasteiger partial charge in [0.05, 0.1) is 19.1 Å². The number of carbonyl (C=O) groups excluding carboxylic acids is 1. The van der Waals surface area contributed by atoms with Gasteiger partial charge in [-0.2, -0.15) is 0 Å². The first kappa shape index (κ1) is 19.8. The van der Waals surface area contributed by atoms with Gasteiger partial charge in [-0.3, -0.25) is 14.9 Å². The lowest BCUT2D eigenvalue weighted by Gasteiger charge is -2.08. The number of nitrogens with zero attached hydrogens (tertiary/aromatic N) is 1. The molecule has 0 saturated carbocycles. The summed E-state index contributed by atoms with van der Waals surface area (Å²) < 4.78 is 10.4. The van der Waals surface area contributed by atoms with Gasteiger partial charge >= 0.3 is 0 Å². The van der Waals surface area contributed by atoms with E-state index in [1.54, 1.807) is 50.6 Å². The number of amides is 1. The molecule has 2 rings (SSSR count). The number of hydrogen-bond donors (Lipinski definition) is 2. The fraction of sp³-hybridized carbons (Fsp3) is 0.211. The van der Waals surface area contributed by atoms with Crippen LogP contribution in [-0.4, -0.2) is 38.1 Å². The number of carbonyl (C=O) groups is 1. The van der Waals surface area contributed by atoms with Gasteiger partial charge in [-0.05, 0) is 36.4 Å². The Hall–Kier alpha value is -3.55. The molecular formula is C19H21N3O5. The summed E-state index contributed by atoms with van der Waals surface area (Å²) in [6, 6.07) is 11.4. The van der Waals surface area contributed by atoms with Gasteiger partial charge in [0.15, 0.2) is 0 Å². The van der Waals surface area contributed by atoms with E-state index in [2.05, 4.69) is 10.6 Å². The maximum Gasteiger partial charge on any atom is 0.269 e. The third-order valence-corrected chi connectivity index (χ3v) is 3.68. The molecule has 8 nitrogen and oxygen atoms in total.